The van der Waals surface area contributed by atoms with Crippen LogP contribution in [-0.2, 0) is 11.3 Å². The molecule has 0 aromatic carbocycles. The Balaban J connectivity index is 2.16. The van der Waals surface area contributed by atoms with E-state index >= 15 is 0 Å². The van der Waals surface area contributed by atoms with E-state index in [1.165, 1.54) is 6.20 Å². The summed E-state index contributed by atoms with van der Waals surface area (Å²) in [4.78, 5) is 6.40. The molecule has 1 unspecified atom stereocenters. The lowest BCUT2D eigenvalue weighted by Gasteiger charge is -2.20. The first-order chi connectivity index (χ1) is 8.74. The number of anilines is 1. The van der Waals surface area contributed by atoms with Gasteiger partial charge in [0.05, 0.1) is 12.3 Å². The van der Waals surface area contributed by atoms with E-state index in [1.54, 1.807) is 13.2 Å². The number of methoxy groups -OCH3 is 1. The van der Waals surface area contributed by atoms with E-state index in [4.69, 9.17) is 4.74 Å². The molecule has 0 radical (unpaired) electrons. The number of nitrogens with zero attached hydrogens (tertiary/aromatic N) is 2. The molecule has 0 amide bonds. The summed E-state index contributed by atoms with van der Waals surface area (Å²) in [7, 11) is 1.73. The third kappa shape index (κ3) is 2.97. The fraction of sp³-hybridized carbons (Fsp3) is 0.615. The van der Waals surface area contributed by atoms with Crippen LogP contribution in [0.4, 0.5) is 10.2 Å². The Bertz CT molecular complexity index is 400. The minimum atomic E-state index is -0.283. The highest BCUT2D eigenvalue weighted by Crippen LogP contribution is 2.23. The van der Waals surface area contributed by atoms with Gasteiger partial charge in [0.25, 0.3) is 0 Å². The Kier molecular flexibility index (Phi) is 4.49. The van der Waals surface area contributed by atoms with Gasteiger partial charge in [-0.1, -0.05) is 6.92 Å². The SMILES string of the molecule is CCNCc1cc(F)cnc1N1CCC(OC)C1. The van der Waals surface area contributed by atoms with Gasteiger partial charge in [-0.05, 0) is 19.0 Å². The minimum Gasteiger partial charge on any atom is -0.380 e. The Morgan fingerprint density at radius 2 is 2.44 bits per heavy atom. The van der Waals surface area contributed by atoms with Crippen molar-refractivity contribution < 1.29 is 9.13 Å². The van der Waals surface area contributed by atoms with Crippen molar-refractivity contribution in [2.45, 2.75) is 26.0 Å². The Hall–Kier alpha value is -1.20. The molecule has 1 aromatic rings. The van der Waals surface area contributed by atoms with E-state index in [9.17, 15) is 4.39 Å². The van der Waals surface area contributed by atoms with Gasteiger partial charge >= 0.3 is 0 Å². The van der Waals surface area contributed by atoms with Crippen LogP contribution in [-0.4, -0.2) is 37.8 Å². The number of hydrogen-bond acceptors (Lipinski definition) is 4. The average Bonchev–Trinajstić information content (AvgIpc) is 2.85. The molecule has 1 aliphatic heterocycles. The van der Waals surface area contributed by atoms with E-state index in [-0.39, 0.29) is 11.9 Å². The second-order valence-corrected chi connectivity index (χ2v) is 4.51. The van der Waals surface area contributed by atoms with Gasteiger partial charge < -0.3 is 15.0 Å². The third-order valence-corrected chi connectivity index (χ3v) is 3.25. The van der Waals surface area contributed by atoms with Gasteiger partial charge in [0.15, 0.2) is 0 Å². The van der Waals surface area contributed by atoms with Crippen molar-refractivity contribution in [2.75, 3.05) is 31.6 Å². The number of aromatic nitrogens is 1. The van der Waals surface area contributed by atoms with Gasteiger partial charge in [0.1, 0.15) is 11.6 Å². The van der Waals surface area contributed by atoms with Gasteiger partial charge in [0, 0.05) is 32.3 Å². The molecule has 4 nitrogen and oxygen atoms in total. The van der Waals surface area contributed by atoms with Gasteiger partial charge in [-0.2, -0.15) is 0 Å². The number of hydrogen-bond donors (Lipinski definition) is 1. The molecule has 1 fully saturated rings. The Morgan fingerprint density at radius 3 is 3.11 bits per heavy atom. The molecule has 1 aromatic heterocycles. The van der Waals surface area contributed by atoms with E-state index in [2.05, 4.69) is 15.2 Å². The van der Waals surface area contributed by atoms with Crippen molar-refractivity contribution in [3.05, 3.63) is 23.6 Å². The lowest BCUT2D eigenvalue weighted by molar-refractivity contribution is 0.121. The zero-order valence-electron chi connectivity index (χ0n) is 10.9. The van der Waals surface area contributed by atoms with Gasteiger partial charge in [-0.25, -0.2) is 9.37 Å². The second kappa shape index (κ2) is 6.11. The van der Waals surface area contributed by atoms with Gasteiger partial charge in [-0.15, -0.1) is 0 Å². The molecule has 0 saturated carbocycles. The monoisotopic (exact) mass is 253 g/mol. The maximum atomic E-state index is 13.3. The summed E-state index contributed by atoms with van der Waals surface area (Å²) in [6.45, 7) is 5.27. The maximum Gasteiger partial charge on any atom is 0.141 e. The summed E-state index contributed by atoms with van der Waals surface area (Å²) in [5.74, 6) is 0.589. The second-order valence-electron chi connectivity index (χ2n) is 4.51. The van der Waals surface area contributed by atoms with E-state index in [0.29, 0.717) is 6.54 Å². The van der Waals surface area contributed by atoms with Crippen LogP contribution in [0, 0.1) is 5.82 Å². The van der Waals surface area contributed by atoms with Crippen LogP contribution in [0.25, 0.3) is 0 Å². The van der Waals surface area contributed by atoms with E-state index in [1.807, 2.05) is 6.92 Å². The zero-order valence-corrected chi connectivity index (χ0v) is 10.9. The fourth-order valence-corrected chi connectivity index (χ4v) is 2.26. The molecule has 0 aliphatic carbocycles. The lowest BCUT2D eigenvalue weighted by Crippen LogP contribution is -2.25. The number of ether oxygens (including phenoxy) is 1. The van der Waals surface area contributed by atoms with Crippen LogP contribution < -0.4 is 10.2 Å². The van der Waals surface area contributed by atoms with E-state index < -0.39 is 0 Å². The standard InChI is InChI=1S/C13H20FN3O/c1-3-15-7-10-6-11(14)8-16-13(10)17-5-4-12(9-17)18-2/h6,8,12,15H,3-5,7,9H2,1-2H3. The van der Waals surface area contributed by atoms with Crippen molar-refractivity contribution in [1.82, 2.24) is 10.3 Å². The van der Waals surface area contributed by atoms with Crippen molar-refractivity contribution >= 4 is 5.82 Å². The van der Waals surface area contributed by atoms with Crippen molar-refractivity contribution in [1.29, 1.82) is 0 Å². The Labute approximate surface area is 107 Å². The number of nitrogens with one attached hydrogen (secondary N) is 1. The first-order valence-corrected chi connectivity index (χ1v) is 6.37. The molecular weight excluding hydrogens is 233 g/mol. The van der Waals surface area contributed by atoms with Crippen molar-refractivity contribution in [3.63, 3.8) is 0 Å². The van der Waals surface area contributed by atoms with Crippen LogP contribution in [0.5, 0.6) is 0 Å². The summed E-state index contributed by atoms with van der Waals surface area (Å²) in [5.41, 5.74) is 0.911. The molecule has 5 heteroatoms. The highest BCUT2D eigenvalue weighted by molar-refractivity contribution is 5.48. The molecule has 18 heavy (non-hydrogen) atoms. The van der Waals surface area contributed by atoms with E-state index in [0.717, 1.165) is 37.4 Å². The predicted molar refractivity (Wildman–Crippen MR) is 69.2 cm³/mol. The van der Waals surface area contributed by atoms with Crippen molar-refractivity contribution in [3.8, 4) is 0 Å². The number of rotatable bonds is 5. The molecule has 1 N–H and O–H groups in total. The molecular formula is C13H20FN3O. The smallest absolute Gasteiger partial charge is 0.141 e. The van der Waals surface area contributed by atoms with Crippen LogP contribution >= 0.6 is 0 Å². The van der Waals surface area contributed by atoms with Crippen LogP contribution in [0.15, 0.2) is 12.3 Å². The molecule has 1 saturated heterocycles. The number of pyridine rings is 1. The highest BCUT2D eigenvalue weighted by Gasteiger charge is 2.24. The molecule has 0 bridgehead atoms. The topological polar surface area (TPSA) is 37.4 Å². The van der Waals surface area contributed by atoms with Gasteiger partial charge in [-0.3, -0.25) is 0 Å². The first-order valence-electron chi connectivity index (χ1n) is 6.37. The Morgan fingerprint density at radius 1 is 1.61 bits per heavy atom. The van der Waals surface area contributed by atoms with Crippen LogP contribution in [0.3, 0.4) is 0 Å². The largest absolute Gasteiger partial charge is 0.380 e. The van der Waals surface area contributed by atoms with Crippen molar-refractivity contribution in [2.24, 2.45) is 0 Å². The first kappa shape index (κ1) is 13.2. The minimum absolute atomic E-state index is 0.254. The molecule has 1 aliphatic rings. The summed E-state index contributed by atoms with van der Waals surface area (Å²) in [6, 6.07) is 1.56. The number of halogens is 1. The summed E-state index contributed by atoms with van der Waals surface area (Å²) in [5, 5.41) is 3.22. The zero-order chi connectivity index (χ0) is 13.0. The molecule has 2 heterocycles. The molecule has 0 spiro atoms. The van der Waals surface area contributed by atoms with Gasteiger partial charge in [0.2, 0.25) is 0 Å². The quantitative estimate of drug-likeness (QED) is 0.864. The summed E-state index contributed by atoms with van der Waals surface area (Å²) >= 11 is 0. The van der Waals surface area contributed by atoms with Crippen LogP contribution in [0.2, 0.25) is 0 Å². The third-order valence-electron chi connectivity index (χ3n) is 3.25. The maximum absolute atomic E-state index is 13.3. The molecule has 2 rings (SSSR count). The lowest BCUT2D eigenvalue weighted by atomic mass is 10.2. The molecule has 1 atom stereocenters. The highest BCUT2D eigenvalue weighted by atomic mass is 19.1. The normalized spacial score (nSPS) is 19.5. The fourth-order valence-electron chi connectivity index (χ4n) is 2.26. The summed E-state index contributed by atoms with van der Waals surface area (Å²) < 4.78 is 18.6. The van der Waals surface area contributed by atoms with Crippen LogP contribution in [0.1, 0.15) is 18.9 Å². The molecule has 100 valence electrons. The predicted octanol–water partition coefficient (Wildman–Crippen LogP) is 1.56. The summed E-state index contributed by atoms with van der Waals surface area (Å²) in [6.07, 6.45) is 2.53. The average molecular weight is 253 g/mol.